The van der Waals surface area contributed by atoms with Crippen molar-refractivity contribution in [3.8, 4) is 17.1 Å². The summed E-state index contributed by atoms with van der Waals surface area (Å²) in [5, 5.41) is 4.51. The van der Waals surface area contributed by atoms with Crippen LogP contribution in [0.4, 0.5) is 0 Å². The predicted molar refractivity (Wildman–Crippen MR) is 80.3 cm³/mol. The Balaban J connectivity index is 1.72. The zero-order valence-corrected chi connectivity index (χ0v) is 12.2. The molecule has 5 heteroatoms. The first-order valence-corrected chi connectivity index (χ1v) is 6.87. The molecule has 0 bridgehead atoms. The Morgan fingerprint density at radius 1 is 1.14 bits per heavy atom. The number of hydrogen-bond acceptors (Lipinski definition) is 4. The molecular formula is C16H13ClN2O2. The van der Waals surface area contributed by atoms with Crippen LogP contribution in [0.2, 0.25) is 5.02 Å². The highest BCUT2D eigenvalue weighted by molar-refractivity contribution is 6.32. The molecular weight excluding hydrogens is 288 g/mol. The molecule has 0 spiro atoms. The van der Waals surface area contributed by atoms with Gasteiger partial charge in [0.15, 0.2) is 6.61 Å². The number of nitrogens with zero attached hydrogens (tertiary/aromatic N) is 2. The van der Waals surface area contributed by atoms with Crippen LogP contribution < -0.4 is 4.74 Å². The van der Waals surface area contributed by atoms with E-state index >= 15 is 0 Å². The average molecular weight is 301 g/mol. The highest BCUT2D eigenvalue weighted by Crippen LogP contribution is 2.24. The van der Waals surface area contributed by atoms with Gasteiger partial charge < -0.3 is 9.26 Å². The third-order valence-electron chi connectivity index (χ3n) is 2.93. The molecule has 3 aromatic rings. The molecule has 2 aromatic carbocycles. The Labute approximate surface area is 127 Å². The van der Waals surface area contributed by atoms with Crippen molar-refractivity contribution in [3.05, 3.63) is 65.0 Å². The second-order valence-electron chi connectivity index (χ2n) is 4.60. The number of benzene rings is 2. The van der Waals surface area contributed by atoms with Gasteiger partial charge in [-0.15, -0.1) is 0 Å². The first kappa shape index (κ1) is 13.6. The van der Waals surface area contributed by atoms with Crippen LogP contribution in [0, 0.1) is 6.92 Å². The summed E-state index contributed by atoms with van der Waals surface area (Å²) in [4.78, 5) is 4.32. The van der Waals surface area contributed by atoms with Gasteiger partial charge in [-0.05, 0) is 25.1 Å². The van der Waals surface area contributed by atoms with Gasteiger partial charge >= 0.3 is 0 Å². The minimum Gasteiger partial charge on any atom is -0.482 e. The van der Waals surface area contributed by atoms with Crippen LogP contribution in [0.3, 0.4) is 0 Å². The fraction of sp³-hybridized carbons (Fsp3) is 0.125. The lowest BCUT2D eigenvalue weighted by Gasteiger charge is -2.04. The summed E-state index contributed by atoms with van der Waals surface area (Å²) in [5.41, 5.74) is 2.06. The number of aromatic nitrogens is 2. The van der Waals surface area contributed by atoms with E-state index in [1.54, 1.807) is 12.1 Å². The lowest BCUT2D eigenvalue weighted by atomic mass is 10.1. The van der Waals surface area contributed by atoms with Gasteiger partial charge in [-0.2, -0.15) is 4.98 Å². The molecule has 1 aromatic heterocycles. The molecule has 21 heavy (non-hydrogen) atoms. The maximum atomic E-state index is 6.02. The number of rotatable bonds is 4. The van der Waals surface area contributed by atoms with Crippen LogP contribution in [0.1, 0.15) is 11.5 Å². The largest absolute Gasteiger partial charge is 0.482 e. The number of hydrogen-bond donors (Lipinski definition) is 0. The van der Waals surface area contributed by atoms with Crippen LogP contribution in [0.5, 0.6) is 5.75 Å². The first-order chi connectivity index (χ1) is 10.2. The zero-order chi connectivity index (χ0) is 14.7. The van der Waals surface area contributed by atoms with Gasteiger partial charge in [0.2, 0.25) is 5.82 Å². The van der Waals surface area contributed by atoms with E-state index in [9.17, 15) is 0 Å². The molecule has 4 nitrogen and oxygen atoms in total. The minimum absolute atomic E-state index is 0.183. The fourth-order valence-corrected chi connectivity index (χ4v) is 2.11. The molecule has 0 aliphatic rings. The van der Waals surface area contributed by atoms with Crippen LogP contribution >= 0.6 is 11.6 Å². The van der Waals surface area contributed by atoms with Gasteiger partial charge in [0.05, 0.1) is 5.02 Å². The van der Waals surface area contributed by atoms with Gasteiger partial charge in [-0.25, -0.2) is 0 Å². The lowest BCUT2D eigenvalue weighted by Crippen LogP contribution is -1.96. The third kappa shape index (κ3) is 3.23. The zero-order valence-electron chi connectivity index (χ0n) is 11.4. The molecule has 0 aliphatic carbocycles. The van der Waals surface area contributed by atoms with E-state index in [2.05, 4.69) is 10.1 Å². The van der Waals surface area contributed by atoms with E-state index in [-0.39, 0.29) is 6.61 Å². The minimum atomic E-state index is 0.183. The summed E-state index contributed by atoms with van der Waals surface area (Å²) >= 11 is 6.02. The molecule has 0 fully saturated rings. The Bertz CT molecular complexity index is 755. The van der Waals surface area contributed by atoms with E-state index in [1.807, 2.05) is 43.3 Å². The summed E-state index contributed by atoms with van der Waals surface area (Å²) in [6, 6.07) is 15.2. The molecule has 0 saturated carbocycles. The molecule has 0 radical (unpaired) electrons. The maximum Gasteiger partial charge on any atom is 0.264 e. The van der Waals surface area contributed by atoms with Gasteiger partial charge in [0.25, 0.3) is 5.89 Å². The topological polar surface area (TPSA) is 48.2 Å². The molecule has 0 atom stereocenters. The molecule has 0 unspecified atom stereocenters. The third-order valence-corrected chi connectivity index (χ3v) is 3.24. The fourth-order valence-electron chi connectivity index (χ4n) is 1.92. The van der Waals surface area contributed by atoms with E-state index in [1.165, 1.54) is 0 Å². The highest BCUT2D eigenvalue weighted by Gasteiger charge is 2.10. The van der Waals surface area contributed by atoms with Crippen LogP contribution in [0.15, 0.2) is 53.1 Å². The maximum absolute atomic E-state index is 6.02. The lowest BCUT2D eigenvalue weighted by molar-refractivity contribution is 0.243. The summed E-state index contributed by atoms with van der Waals surface area (Å²) < 4.78 is 10.8. The van der Waals surface area contributed by atoms with E-state index in [0.29, 0.717) is 22.5 Å². The van der Waals surface area contributed by atoms with Crippen LogP contribution in [-0.2, 0) is 6.61 Å². The van der Waals surface area contributed by atoms with Crippen molar-refractivity contribution < 1.29 is 9.26 Å². The van der Waals surface area contributed by atoms with Crippen molar-refractivity contribution in [3.63, 3.8) is 0 Å². The molecule has 0 amide bonds. The quantitative estimate of drug-likeness (QED) is 0.721. The smallest absolute Gasteiger partial charge is 0.264 e. The van der Waals surface area contributed by atoms with Crippen molar-refractivity contribution >= 4 is 11.6 Å². The Kier molecular flexibility index (Phi) is 3.88. The summed E-state index contributed by atoms with van der Waals surface area (Å²) in [7, 11) is 0. The number of halogens is 1. The standard InChI is InChI=1S/C16H13ClN2O2/c1-11-5-4-6-12(9-11)16-18-15(21-19-16)10-20-14-8-3-2-7-13(14)17/h2-9H,10H2,1H3. The average Bonchev–Trinajstić information content (AvgIpc) is 2.95. The number of ether oxygens (including phenoxy) is 1. The molecule has 106 valence electrons. The number of aryl methyl sites for hydroxylation is 1. The van der Waals surface area contributed by atoms with Gasteiger partial charge in [0.1, 0.15) is 5.75 Å². The van der Waals surface area contributed by atoms with E-state index < -0.39 is 0 Å². The Morgan fingerprint density at radius 2 is 2.00 bits per heavy atom. The second kappa shape index (κ2) is 5.97. The summed E-state index contributed by atoms with van der Waals surface area (Å²) in [6.45, 7) is 2.20. The monoisotopic (exact) mass is 300 g/mol. The van der Waals surface area contributed by atoms with Crippen LogP contribution in [-0.4, -0.2) is 10.1 Å². The highest BCUT2D eigenvalue weighted by atomic mass is 35.5. The van der Waals surface area contributed by atoms with Crippen molar-refractivity contribution in [2.45, 2.75) is 13.5 Å². The molecule has 3 rings (SSSR count). The molecule has 1 heterocycles. The van der Waals surface area contributed by atoms with Crippen molar-refractivity contribution in [2.24, 2.45) is 0 Å². The second-order valence-corrected chi connectivity index (χ2v) is 5.01. The van der Waals surface area contributed by atoms with Gasteiger partial charge in [-0.1, -0.05) is 52.7 Å². The molecule has 0 N–H and O–H groups in total. The predicted octanol–water partition coefficient (Wildman–Crippen LogP) is 4.28. The van der Waals surface area contributed by atoms with Crippen molar-refractivity contribution in [1.82, 2.24) is 10.1 Å². The van der Waals surface area contributed by atoms with E-state index in [0.717, 1.165) is 11.1 Å². The Morgan fingerprint density at radius 3 is 2.81 bits per heavy atom. The normalized spacial score (nSPS) is 10.6. The van der Waals surface area contributed by atoms with E-state index in [4.69, 9.17) is 20.9 Å². The van der Waals surface area contributed by atoms with Gasteiger partial charge in [0, 0.05) is 5.56 Å². The van der Waals surface area contributed by atoms with Gasteiger partial charge in [-0.3, -0.25) is 0 Å². The SMILES string of the molecule is Cc1cccc(-c2noc(COc3ccccc3Cl)n2)c1. The molecule has 0 saturated heterocycles. The summed E-state index contributed by atoms with van der Waals surface area (Å²) in [5.74, 6) is 1.55. The number of para-hydroxylation sites is 1. The van der Waals surface area contributed by atoms with Crippen molar-refractivity contribution in [2.75, 3.05) is 0 Å². The Hall–Kier alpha value is -2.33. The summed E-state index contributed by atoms with van der Waals surface area (Å²) in [6.07, 6.45) is 0. The van der Waals surface area contributed by atoms with Crippen molar-refractivity contribution in [1.29, 1.82) is 0 Å². The first-order valence-electron chi connectivity index (χ1n) is 6.49. The molecule has 0 aliphatic heterocycles. The van der Waals surface area contributed by atoms with Crippen LogP contribution in [0.25, 0.3) is 11.4 Å².